The zero-order valence-electron chi connectivity index (χ0n) is 26.5. The number of carbonyl (C=O) groups is 2. The Bertz CT molecular complexity index is 1730. The van der Waals surface area contributed by atoms with E-state index in [0.717, 1.165) is 57.9 Å². The predicted octanol–water partition coefficient (Wildman–Crippen LogP) is 6.48. The van der Waals surface area contributed by atoms with Gasteiger partial charge in [-0.05, 0) is 63.5 Å². The molecule has 4 heterocycles. The summed E-state index contributed by atoms with van der Waals surface area (Å²) in [5, 5.41) is 3.78. The highest BCUT2D eigenvalue weighted by molar-refractivity contribution is 7.13. The van der Waals surface area contributed by atoms with Gasteiger partial charge in [0.1, 0.15) is 28.3 Å². The van der Waals surface area contributed by atoms with Gasteiger partial charge in [-0.25, -0.2) is 19.8 Å². The van der Waals surface area contributed by atoms with Crippen LogP contribution in [-0.2, 0) is 14.3 Å². The lowest BCUT2D eigenvalue weighted by molar-refractivity contribution is -0.138. The maximum absolute atomic E-state index is 13.9. The first kappa shape index (κ1) is 29.9. The van der Waals surface area contributed by atoms with Gasteiger partial charge < -0.3 is 19.1 Å². The minimum Gasteiger partial charge on any atom is -0.496 e. The number of esters is 1. The second-order valence-electron chi connectivity index (χ2n) is 13.2. The zero-order chi connectivity index (χ0) is 31.5. The molecule has 2 aliphatic heterocycles. The number of aromatic nitrogens is 2. The van der Waals surface area contributed by atoms with Crippen molar-refractivity contribution in [1.82, 2.24) is 14.9 Å². The van der Waals surface area contributed by atoms with Crippen LogP contribution in [0.3, 0.4) is 0 Å². The number of fused-ring (bicyclic) bond motifs is 3. The molecule has 2 saturated carbocycles. The number of aliphatic imine (C=N–C) groups is 1. The van der Waals surface area contributed by atoms with E-state index >= 15 is 0 Å². The van der Waals surface area contributed by atoms with Crippen LogP contribution in [0.1, 0.15) is 69.5 Å². The van der Waals surface area contributed by atoms with Gasteiger partial charge >= 0.3 is 5.97 Å². The number of carbonyl (C=O) groups excluding carboxylic acids is 2. The highest BCUT2D eigenvalue weighted by atomic mass is 32.1. The second-order valence-corrected chi connectivity index (χ2v) is 14.1. The molecule has 0 N–H and O–H groups in total. The van der Waals surface area contributed by atoms with Crippen molar-refractivity contribution in [2.75, 3.05) is 20.7 Å². The summed E-state index contributed by atoms with van der Waals surface area (Å²) in [6, 6.07) is 5.88. The Morgan fingerprint density at radius 1 is 1.11 bits per heavy atom. The Labute approximate surface area is 267 Å². The van der Waals surface area contributed by atoms with E-state index in [1.54, 1.807) is 18.4 Å². The molecule has 3 aromatic rings. The van der Waals surface area contributed by atoms with Gasteiger partial charge in [-0.15, -0.1) is 11.3 Å². The predicted molar refractivity (Wildman–Crippen MR) is 174 cm³/mol. The van der Waals surface area contributed by atoms with E-state index in [4.69, 9.17) is 29.2 Å². The van der Waals surface area contributed by atoms with E-state index in [-0.39, 0.29) is 35.7 Å². The van der Waals surface area contributed by atoms with Gasteiger partial charge in [0.15, 0.2) is 11.4 Å². The third-order valence-corrected chi connectivity index (χ3v) is 10.7. The third kappa shape index (κ3) is 5.30. The van der Waals surface area contributed by atoms with E-state index in [2.05, 4.69) is 31.4 Å². The van der Waals surface area contributed by atoms with Crippen molar-refractivity contribution in [1.29, 1.82) is 0 Å². The summed E-state index contributed by atoms with van der Waals surface area (Å²) in [4.78, 5) is 43.6. The van der Waals surface area contributed by atoms with Crippen molar-refractivity contribution in [2.45, 2.75) is 76.9 Å². The highest BCUT2D eigenvalue weighted by Gasteiger charge is 2.65. The van der Waals surface area contributed by atoms with Crippen molar-refractivity contribution < 1.29 is 23.8 Å². The second kappa shape index (κ2) is 11.5. The maximum atomic E-state index is 13.9. The number of benzene rings is 1. The van der Waals surface area contributed by atoms with E-state index in [9.17, 15) is 9.59 Å². The number of ether oxygens (including phenoxy) is 3. The average molecular weight is 629 g/mol. The summed E-state index contributed by atoms with van der Waals surface area (Å²) in [6.45, 7) is 6.94. The molecular formula is C35H40N4O5S. The number of nitrogens with zero attached hydrogens (tertiary/aromatic N) is 4. The smallest absolute Gasteiger partial charge is 0.341 e. The number of methoxy groups -OCH3 is 1. The molecule has 236 valence electrons. The normalized spacial score (nSPS) is 28.8. The minimum absolute atomic E-state index is 0.0515. The zero-order valence-corrected chi connectivity index (χ0v) is 27.4. The first-order chi connectivity index (χ1) is 21.7. The van der Waals surface area contributed by atoms with Crippen LogP contribution in [0.15, 0.2) is 40.7 Å². The molecule has 9 nitrogen and oxygen atoms in total. The molecule has 2 aliphatic carbocycles. The molecule has 45 heavy (non-hydrogen) atoms. The lowest BCUT2D eigenvalue weighted by Crippen LogP contribution is -2.37. The van der Waals surface area contributed by atoms with Crippen LogP contribution in [0, 0.1) is 24.7 Å². The van der Waals surface area contributed by atoms with Gasteiger partial charge in [0, 0.05) is 41.9 Å². The van der Waals surface area contributed by atoms with Crippen LogP contribution in [0.5, 0.6) is 11.5 Å². The fraction of sp³-hybridized carbons (Fsp3) is 0.514. The summed E-state index contributed by atoms with van der Waals surface area (Å²) in [6.07, 6.45) is 8.53. The number of aryl methyl sites for hydroxylation is 1. The third-order valence-electron chi connectivity index (χ3n) is 9.85. The number of hydrogen-bond acceptors (Lipinski definition) is 9. The number of hydrogen-bond donors (Lipinski definition) is 0. The quantitative estimate of drug-likeness (QED) is 0.235. The first-order valence-corrected chi connectivity index (χ1v) is 16.9. The van der Waals surface area contributed by atoms with Crippen molar-refractivity contribution in [3.8, 4) is 22.2 Å². The number of rotatable bonds is 5. The largest absolute Gasteiger partial charge is 0.496 e. The van der Waals surface area contributed by atoms with Crippen LogP contribution < -0.4 is 9.47 Å². The molecule has 2 bridgehead atoms. The van der Waals surface area contributed by atoms with Crippen LogP contribution in [0.25, 0.3) is 21.6 Å². The Morgan fingerprint density at radius 3 is 2.71 bits per heavy atom. The summed E-state index contributed by atoms with van der Waals surface area (Å²) in [7, 11) is 3.53. The number of pyridine rings is 1. The summed E-state index contributed by atoms with van der Waals surface area (Å²) < 4.78 is 18.3. The van der Waals surface area contributed by atoms with Gasteiger partial charge in [-0.2, -0.15) is 0 Å². The van der Waals surface area contributed by atoms with Crippen LogP contribution in [-0.4, -0.2) is 65.0 Å². The van der Waals surface area contributed by atoms with Crippen molar-refractivity contribution in [2.24, 2.45) is 22.7 Å². The highest BCUT2D eigenvalue weighted by Crippen LogP contribution is 2.53. The Morgan fingerprint density at radius 2 is 1.93 bits per heavy atom. The Kier molecular flexibility index (Phi) is 7.66. The van der Waals surface area contributed by atoms with Crippen LogP contribution in [0.4, 0.5) is 0 Å². The molecule has 5 atom stereocenters. The number of thiazole rings is 1. The molecule has 1 amide bonds. The number of allylic oxidation sites excluding steroid dienone is 1. The lowest BCUT2D eigenvalue weighted by Gasteiger charge is -2.24. The SMILES string of the molecule is COc1ccc2c(OC3CC4C5=N[C@@]6(C[C@H]6/C=C\CCCCN(C)C(=O)[C@@H]4C3)C(=O)O5)cc(-c3nc(C(C)C)cs3)nc2c1C. The standard InChI is InChI=1S/C35H40N4O5S/c1-19(2)27-18-45-32(37-27)26-16-29(23-11-12-28(42-5)20(3)30(23)36-26)43-22-14-24-25(15-22)33(40)39(4)13-9-7-6-8-10-21-17-35(21)34(41)44-31(24)38-35/h8,10-12,16,18-19,21-22,24-25H,6-7,9,13-15,17H2,1-5H3/b10-8-/t21-,22?,24?,25-,35-/m1/s1. The lowest BCUT2D eigenvalue weighted by atomic mass is 9.94. The average Bonchev–Trinajstić information content (AvgIpc) is 3.35. The monoisotopic (exact) mass is 628 g/mol. The fourth-order valence-corrected chi connectivity index (χ4v) is 7.97. The van der Waals surface area contributed by atoms with Crippen molar-refractivity contribution in [3.63, 3.8) is 0 Å². The first-order valence-electron chi connectivity index (χ1n) is 16.0. The van der Waals surface area contributed by atoms with Crippen LogP contribution >= 0.6 is 11.3 Å². The van der Waals surface area contributed by atoms with Crippen LogP contribution in [0.2, 0.25) is 0 Å². The van der Waals surface area contributed by atoms with Crippen molar-refractivity contribution >= 4 is 40.0 Å². The number of amides is 1. The van der Waals surface area contributed by atoms with E-state index < -0.39 is 5.54 Å². The van der Waals surface area contributed by atoms with Gasteiger partial charge in [0.25, 0.3) is 0 Å². The Hall–Kier alpha value is -3.79. The Balaban J connectivity index is 1.25. The molecule has 0 radical (unpaired) electrons. The molecule has 10 heteroatoms. The van der Waals surface area contributed by atoms with Gasteiger partial charge in [-0.3, -0.25) is 4.79 Å². The minimum atomic E-state index is -0.816. The molecule has 2 unspecified atom stereocenters. The summed E-state index contributed by atoms with van der Waals surface area (Å²) >= 11 is 1.57. The molecule has 1 spiro atoms. The van der Waals surface area contributed by atoms with Gasteiger partial charge in [0.05, 0.1) is 30.2 Å². The molecule has 7 rings (SSSR count). The summed E-state index contributed by atoms with van der Waals surface area (Å²) in [5.41, 5.74) is 2.66. The molecule has 4 aliphatic rings. The van der Waals surface area contributed by atoms with E-state index in [1.165, 1.54) is 0 Å². The molecule has 1 aromatic carbocycles. The molecular weight excluding hydrogens is 588 g/mol. The topological polar surface area (TPSA) is 103 Å². The molecule has 2 fully saturated rings. The fourth-order valence-electron chi connectivity index (χ4n) is 7.03. The maximum Gasteiger partial charge on any atom is 0.341 e. The van der Waals surface area contributed by atoms with Gasteiger partial charge in [-0.1, -0.05) is 26.0 Å². The van der Waals surface area contributed by atoms with E-state index in [0.29, 0.717) is 43.4 Å². The van der Waals surface area contributed by atoms with Gasteiger partial charge in [0.2, 0.25) is 5.91 Å². The van der Waals surface area contributed by atoms with Crippen molar-refractivity contribution in [3.05, 3.63) is 47.0 Å². The summed E-state index contributed by atoms with van der Waals surface area (Å²) in [5.74, 6) is 1.26. The molecule has 2 aromatic heterocycles. The van der Waals surface area contributed by atoms with E-state index in [1.807, 2.05) is 37.1 Å². The molecule has 0 saturated heterocycles.